The highest BCUT2D eigenvalue weighted by Crippen LogP contribution is 2.23. The molecule has 148 valence electrons. The van der Waals surface area contributed by atoms with Gasteiger partial charge in [-0.05, 0) is 48.1 Å². The van der Waals surface area contributed by atoms with Gasteiger partial charge in [-0.15, -0.1) is 0 Å². The van der Waals surface area contributed by atoms with Crippen LogP contribution in [0.5, 0.6) is 0 Å². The summed E-state index contributed by atoms with van der Waals surface area (Å²) < 4.78 is 0. The van der Waals surface area contributed by atoms with E-state index in [1.165, 1.54) is 5.56 Å². The van der Waals surface area contributed by atoms with E-state index in [4.69, 9.17) is 11.6 Å². The van der Waals surface area contributed by atoms with Crippen LogP contribution >= 0.6 is 11.6 Å². The van der Waals surface area contributed by atoms with Crippen LogP contribution in [-0.4, -0.2) is 18.0 Å². The highest BCUT2D eigenvalue weighted by atomic mass is 35.5. The van der Waals surface area contributed by atoms with Gasteiger partial charge in [-0.3, -0.25) is 9.59 Å². The van der Waals surface area contributed by atoms with E-state index in [1.54, 1.807) is 24.4 Å². The van der Waals surface area contributed by atoms with Crippen LogP contribution < -0.4 is 10.7 Å². The number of halogens is 1. The van der Waals surface area contributed by atoms with Crippen LogP contribution in [0.25, 0.3) is 0 Å². The fourth-order valence-electron chi connectivity index (χ4n) is 2.57. The Morgan fingerprint density at radius 1 is 1.07 bits per heavy atom. The third kappa shape index (κ3) is 6.82. The van der Waals surface area contributed by atoms with Crippen LogP contribution in [0.1, 0.15) is 55.7 Å². The van der Waals surface area contributed by atoms with Crippen molar-refractivity contribution < 1.29 is 9.59 Å². The van der Waals surface area contributed by atoms with Gasteiger partial charge in [0.2, 0.25) is 11.8 Å². The lowest BCUT2D eigenvalue weighted by molar-refractivity contribution is -0.121. The molecule has 2 amide bonds. The van der Waals surface area contributed by atoms with E-state index in [2.05, 4.69) is 29.7 Å². The Morgan fingerprint density at radius 3 is 2.43 bits per heavy atom. The number of hydrogen-bond donors (Lipinski definition) is 2. The van der Waals surface area contributed by atoms with E-state index in [9.17, 15) is 9.59 Å². The SMILES string of the molecule is Cc1c(Cl)cccc1NC(=O)CCCC(=O)N/N=C\c1ccc(C(C)C)cc1. The topological polar surface area (TPSA) is 70.6 Å². The van der Waals surface area contributed by atoms with Crippen molar-refractivity contribution in [1.29, 1.82) is 0 Å². The zero-order chi connectivity index (χ0) is 20.5. The number of carbonyl (C=O) groups excluding carboxylic acids is 2. The molecule has 0 bridgehead atoms. The average molecular weight is 400 g/mol. The average Bonchev–Trinajstić information content (AvgIpc) is 2.66. The molecule has 0 unspecified atom stereocenters. The molecule has 6 heteroatoms. The third-order valence-corrected chi connectivity index (χ3v) is 4.76. The smallest absolute Gasteiger partial charge is 0.240 e. The zero-order valence-corrected chi connectivity index (χ0v) is 17.2. The number of rotatable bonds is 8. The summed E-state index contributed by atoms with van der Waals surface area (Å²) in [5, 5.41) is 7.39. The Hall–Kier alpha value is -2.66. The van der Waals surface area contributed by atoms with Gasteiger partial charge in [0.15, 0.2) is 0 Å². The van der Waals surface area contributed by atoms with Gasteiger partial charge in [0.1, 0.15) is 0 Å². The lowest BCUT2D eigenvalue weighted by Gasteiger charge is -2.09. The van der Waals surface area contributed by atoms with Crippen LogP contribution in [0.3, 0.4) is 0 Å². The highest BCUT2D eigenvalue weighted by molar-refractivity contribution is 6.31. The maximum Gasteiger partial charge on any atom is 0.240 e. The van der Waals surface area contributed by atoms with Crippen LogP contribution in [0.15, 0.2) is 47.6 Å². The molecule has 0 heterocycles. The van der Waals surface area contributed by atoms with Gasteiger partial charge in [-0.2, -0.15) is 5.10 Å². The lowest BCUT2D eigenvalue weighted by Crippen LogP contribution is -2.18. The molecule has 2 aromatic carbocycles. The molecule has 28 heavy (non-hydrogen) atoms. The van der Waals surface area contributed by atoms with Crippen molar-refractivity contribution in [3.8, 4) is 0 Å². The third-order valence-electron chi connectivity index (χ3n) is 4.36. The monoisotopic (exact) mass is 399 g/mol. The van der Waals surface area contributed by atoms with Gasteiger partial charge in [0, 0.05) is 23.6 Å². The summed E-state index contributed by atoms with van der Waals surface area (Å²) in [5.74, 6) is 0.111. The number of nitrogens with one attached hydrogen (secondary N) is 2. The van der Waals surface area contributed by atoms with Gasteiger partial charge in [-0.25, -0.2) is 5.43 Å². The number of benzene rings is 2. The van der Waals surface area contributed by atoms with E-state index in [0.717, 1.165) is 11.1 Å². The molecular weight excluding hydrogens is 374 g/mol. The second-order valence-corrected chi connectivity index (χ2v) is 7.34. The predicted molar refractivity (Wildman–Crippen MR) is 115 cm³/mol. The van der Waals surface area contributed by atoms with Crippen molar-refractivity contribution in [2.45, 2.75) is 46.0 Å². The quantitative estimate of drug-likeness (QED) is 0.482. The van der Waals surface area contributed by atoms with Gasteiger partial charge < -0.3 is 5.32 Å². The second-order valence-electron chi connectivity index (χ2n) is 6.93. The van der Waals surface area contributed by atoms with Gasteiger partial charge in [0.25, 0.3) is 0 Å². The first kappa shape index (κ1) is 21.6. The zero-order valence-electron chi connectivity index (χ0n) is 16.5. The molecule has 5 nitrogen and oxygen atoms in total. The fourth-order valence-corrected chi connectivity index (χ4v) is 2.74. The Labute approximate surface area is 171 Å². The molecule has 0 saturated carbocycles. The molecule has 0 aliphatic carbocycles. The number of hydrogen-bond acceptors (Lipinski definition) is 3. The van der Waals surface area contributed by atoms with Crippen molar-refractivity contribution in [1.82, 2.24) is 5.43 Å². The minimum absolute atomic E-state index is 0.146. The number of carbonyl (C=O) groups is 2. The molecule has 0 radical (unpaired) electrons. The molecule has 2 rings (SSSR count). The minimum Gasteiger partial charge on any atom is -0.326 e. The van der Waals surface area contributed by atoms with Crippen LogP contribution in [-0.2, 0) is 9.59 Å². The van der Waals surface area contributed by atoms with Crippen molar-refractivity contribution in [3.63, 3.8) is 0 Å². The number of anilines is 1. The standard InChI is InChI=1S/C22H26ClN3O2/c1-15(2)18-12-10-17(11-13-18)14-24-26-22(28)9-5-8-21(27)25-20-7-4-6-19(23)16(20)3/h4,6-7,10-15H,5,8-9H2,1-3H3,(H,25,27)(H,26,28)/b24-14-. The Morgan fingerprint density at radius 2 is 1.75 bits per heavy atom. The number of hydrazone groups is 1. The Balaban J connectivity index is 1.70. The first-order chi connectivity index (χ1) is 13.4. The fraction of sp³-hybridized carbons (Fsp3) is 0.318. The van der Waals surface area contributed by atoms with Crippen molar-refractivity contribution in [3.05, 3.63) is 64.2 Å². The maximum absolute atomic E-state index is 12.0. The molecule has 0 aliphatic rings. The highest BCUT2D eigenvalue weighted by Gasteiger charge is 2.08. The minimum atomic E-state index is -0.221. The van der Waals surface area contributed by atoms with Crippen molar-refractivity contribution in [2.24, 2.45) is 5.10 Å². The lowest BCUT2D eigenvalue weighted by atomic mass is 10.0. The summed E-state index contributed by atoms with van der Waals surface area (Å²) in [5.41, 5.74) is 6.18. The normalized spacial score (nSPS) is 11.0. The molecule has 2 aromatic rings. The summed E-state index contributed by atoms with van der Waals surface area (Å²) in [4.78, 5) is 23.9. The summed E-state index contributed by atoms with van der Waals surface area (Å²) in [6.45, 7) is 6.12. The second kappa shape index (κ2) is 10.6. The molecular formula is C22H26ClN3O2. The summed E-state index contributed by atoms with van der Waals surface area (Å²) in [6.07, 6.45) is 2.53. The Bertz CT molecular complexity index is 845. The van der Waals surface area contributed by atoms with E-state index < -0.39 is 0 Å². The van der Waals surface area contributed by atoms with Crippen molar-refractivity contribution >= 4 is 35.3 Å². The van der Waals surface area contributed by atoms with Crippen LogP contribution in [0.2, 0.25) is 5.02 Å². The van der Waals surface area contributed by atoms with Crippen molar-refractivity contribution in [2.75, 3.05) is 5.32 Å². The molecule has 0 atom stereocenters. The maximum atomic E-state index is 12.0. The molecule has 0 aliphatic heterocycles. The van der Waals surface area contributed by atoms with Gasteiger partial charge in [0.05, 0.1) is 6.21 Å². The van der Waals surface area contributed by atoms with Crippen LogP contribution in [0.4, 0.5) is 5.69 Å². The summed E-state index contributed by atoms with van der Waals surface area (Å²) >= 11 is 6.04. The van der Waals surface area contributed by atoms with E-state index in [1.807, 2.05) is 31.2 Å². The molecule has 0 aromatic heterocycles. The van der Waals surface area contributed by atoms with Gasteiger partial charge in [-0.1, -0.05) is 55.8 Å². The van der Waals surface area contributed by atoms with E-state index in [-0.39, 0.29) is 24.7 Å². The first-order valence-corrected chi connectivity index (χ1v) is 9.71. The molecule has 0 fully saturated rings. The van der Waals surface area contributed by atoms with E-state index >= 15 is 0 Å². The predicted octanol–water partition coefficient (Wildman–Crippen LogP) is 5.03. The summed E-state index contributed by atoms with van der Waals surface area (Å²) in [7, 11) is 0. The van der Waals surface area contributed by atoms with E-state index in [0.29, 0.717) is 23.0 Å². The first-order valence-electron chi connectivity index (χ1n) is 9.33. The van der Waals surface area contributed by atoms with Gasteiger partial charge >= 0.3 is 0 Å². The number of nitrogens with zero attached hydrogens (tertiary/aromatic N) is 1. The molecule has 2 N–H and O–H groups in total. The largest absolute Gasteiger partial charge is 0.326 e. The Kier molecular flexibility index (Phi) is 8.20. The summed E-state index contributed by atoms with van der Waals surface area (Å²) in [6, 6.07) is 13.4. The van der Waals surface area contributed by atoms with Crippen LogP contribution in [0, 0.1) is 6.92 Å². The number of amides is 2. The molecule has 0 spiro atoms. The molecule has 0 saturated heterocycles.